The molecule has 0 bridgehead atoms. The van der Waals surface area contributed by atoms with Crippen LogP contribution in [0.2, 0.25) is 10.0 Å². The first-order valence-electron chi connectivity index (χ1n) is 9.96. The molecule has 4 N–H and O–H groups in total. The first-order valence-corrected chi connectivity index (χ1v) is 10.7. The van der Waals surface area contributed by atoms with E-state index in [0.717, 1.165) is 11.1 Å². The molecule has 166 valence electrons. The Hall–Kier alpha value is -1.22. The van der Waals surface area contributed by atoms with Gasteiger partial charge in [0.15, 0.2) is 0 Å². The number of hydrogen-bond donors (Lipinski definition) is 4. The van der Waals surface area contributed by atoms with Crippen molar-refractivity contribution in [3.8, 4) is 0 Å². The van der Waals surface area contributed by atoms with Crippen LogP contribution < -0.4 is 10.6 Å². The molecule has 0 saturated heterocycles. The molecule has 0 spiro atoms. The Labute approximate surface area is 188 Å². The van der Waals surface area contributed by atoms with Crippen LogP contribution in [0.1, 0.15) is 11.1 Å². The molecule has 0 aromatic heterocycles. The number of aliphatic hydroxyl groups is 2. The number of rotatable bonds is 15. The van der Waals surface area contributed by atoms with Gasteiger partial charge < -0.3 is 30.3 Å². The van der Waals surface area contributed by atoms with Gasteiger partial charge in [0.1, 0.15) is 0 Å². The highest BCUT2D eigenvalue weighted by atomic mass is 35.5. The van der Waals surface area contributed by atoms with Crippen LogP contribution in [0.4, 0.5) is 0 Å². The summed E-state index contributed by atoms with van der Waals surface area (Å²) in [7, 11) is 0. The summed E-state index contributed by atoms with van der Waals surface area (Å²) in [4.78, 5) is 0. The second-order valence-corrected chi connectivity index (χ2v) is 7.74. The maximum Gasteiger partial charge on any atom is 0.0897 e. The summed E-state index contributed by atoms with van der Waals surface area (Å²) in [6.45, 7) is 3.37. The lowest BCUT2D eigenvalue weighted by Gasteiger charge is -2.15. The molecular weight excluding hydrogens is 427 g/mol. The molecule has 0 aliphatic carbocycles. The number of nitrogens with one attached hydrogen (secondary N) is 2. The zero-order valence-electron chi connectivity index (χ0n) is 16.9. The van der Waals surface area contributed by atoms with Crippen LogP contribution in [0, 0.1) is 0 Å². The van der Waals surface area contributed by atoms with E-state index in [1.54, 1.807) is 0 Å². The summed E-state index contributed by atoms with van der Waals surface area (Å²) < 4.78 is 11.0. The smallest absolute Gasteiger partial charge is 0.0897 e. The number of aliphatic hydroxyl groups excluding tert-OH is 2. The monoisotopic (exact) mass is 456 g/mol. The van der Waals surface area contributed by atoms with Gasteiger partial charge in [0.05, 0.1) is 38.6 Å². The Kier molecular flexibility index (Phi) is 12.3. The molecule has 8 heteroatoms. The average Bonchev–Trinajstić information content (AvgIpc) is 2.73. The lowest BCUT2D eigenvalue weighted by molar-refractivity contribution is 0.0274. The minimum absolute atomic E-state index is 0.229. The van der Waals surface area contributed by atoms with E-state index in [9.17, 15) is 10.2 Å². The van der Waals surface area contributed by atoms with Crippen molar-refractivity contribution in [2.75, 3.05) is 39.4 Å². The van der Waals surface area contributed by atoms with E-state index in [2.05, 4.69) is 10.6 Å². The number of benzene rings is 2. The molecule has 0 aliphatic heterocycles. The maximum atomic E-state index is 9.95. The molecule has 2 aromatic rings. The Bertz CT molecular complexity index is 674. The van der Waals surface area contributed by atoms with E-state index >= 15 is 0 Å². The SMILES string of the molecule is OC(CNCCNCC(O)COCc1ccccc1Cl)COCc1ccccc1Cl. The average molecular weight is 457 g/mol. The number of halogens is 2. The van der Waals surface area contributed by atoms with E-state index in [1.165, 1.54) is 0 Å². The van der Waals surface area contributed by atoms with E-state index < -0.39 is 12.2 Å². The quantitative estimate of drug-likeness (QED) is 0.308. The van der Waals surface area contributed by atoms with Crippen LogP contribution in [0.25, 0.3) is 0 Å². The van der Waals surface area contributed by atoms with Crippen LogP contribution in [-0.2, 0) is 22.7 Å². The van der Waals surface area contributed by atoms with Crippen LogP contribution in [0.5, 0.6) is 0 Å². The highest BCUT2D eigenvalue weighted by Crippen LogP contribution is 2.16. The highest BCUT2D eigenvalue weighted by Gasteiger charge is 2.07. The van der Waals surface area contributed by atoms with E-state index in [0.29, 0.717) is 49.4 Å². The van der Waals surface area contributed by atoms with Gasteiger partial charge in [0.25, 0.3) is 0 Å². The lowest BCUT2D eigenvalue weighted by Crippen LogP contribution is -2.37. The third-order valence-electron chi connectivity index (χ3n) is 4.29. The fraction of sp³-hybridized carbons (Fsp3) is 0.455. The number of hydrogen-bond acceptors (Lipinski definition) is 6. The van der Waals surface area contributed by atoms with Crippen LogP contribution in [-0.4, -0.2) is 61.8 Å². The van der Waals surface area contributed by atoms with Crippen molar-refractivity contribution in [1.82, 2.24) is 10.6 Å². The third-order valence-corrected chi connectivity index (χ3v) is 5.03. The topological polar surface area (TPSA) is 83.0 Å². The molecule has 0 radical (unpaired) electrons. The summed E-state index contributed by atoms with van der Waals surface area (Å²) in [5, 5.41) is 27.5. The molecule has 2 rings (SSSR count). The van der Waals surface area contributed by atoms with E-state index in [1.807, 2.05) is 48.5 Å². The molecular formula is C22H30Cl2N2O4. The van der Waals surface area contributed by atoms with Gasteiger partial charge in [0.2, 0.25) is 0 Å². The third kappa shape index (κ3) is 10.2. The molecule has 2 atom stereocenters. The fourth-order valence-electron chi connectivity index (χ4n) is 2.67. The van der Waals surface area contributed by atoms with Crippen molar-refractivity contribution in [1.29, 1.82) is 0 Å². The molecule has 6 nitrogen and oxygen atoms in total. The molecule has 2 unspecified atom stereocenters. The number of ether oxygens (including phenoxy) is 2. The van der Waals surface area contributed by atoms with Gasteiger partial charge in [-0.3, -0.25) is 0 Å². The summed E-state index contributed by atoms with van der Waals surface area (Å²) >= 11 is 12.1. The lowest BCUT2D eigenvalue weighted by atomic mass is 10.2. The molecule has 0 amide bonds. The Balaban J connectivity index is 1.43. The predicted molar refractivity (Wildman–Crippen MR) is 120 cm³/mol. The minimum atomic E-state index is -0.601. The van der Waals surface area contributed by atoms with Crippen LogP contribution >= 0.6 is 23.2 Å². The van der Waals surface area contributed by atoms with Crippen LogP contribution in [0.15, 0.2) is 48.5 Å². The van der Waals surface area contributed by atoms with Gasteiger partial charge in [-0.05, 0) is 23.3 Å². The zero-order chi connectivity index (χ0) is 21.6. The van der Waals surface area contributed by atoms with Crippen molar-refractivity contribution in [3.63, 3.8) is 0 Å². The molecule has 30 heavy (non-hydrogen) atoms. The van der Waals surface area contributed by atoms with Crippen molar-refractivity contribution >= 4 is 23.2 Å². The maximum absolute atomic E-state index is 9.95. The zero-order valence-corrected chi connectivity index (χ0v) is 18.4. The summed E-state index contributed by atoms with van der Waals surface area (Å²) in [6, 6.07) is 15.0. The second kappa shape index (κ2) is 14.7. The van der Waals surface area contributed by atoms with Crippen LogP contribution in [0.3, 0.4) is 0 Å². The molecule has 0 saturated carbocycles. The van der Waals surface area contributed by atoms with Gasteiger partial charge in [0, 0.05) is 36.2 Å². The van der Waals surface area contributed by atoms with Gasteiger partial charge in [-0.2, -0.15) is 0 Å². The van der Waals surface area contributed by atoms with Crippen molar-refractivity contribution in [2.45, 2.75) is 25.4 Å². The van der Waals surface area contributed by atoms with Crippen molar-refractivity contribution in [2.24, 2.45) is 0 Å². The Morgan fingerprint density at radius 3 is 1.50 bits per heavy atom. The molecule has 0 heterocycles. The van der Waals surface area contributed by atoms with E-state index in [4.69, 9.17) is 32.7 Å². The fourth-order valence-corrected chi connectivity index (χ4v) is 3.05. The Morgan fingerprint density at radius 2 is 1.10 bits per heavy atom. The summed E-state index contributed by atoms with van der Waals surface area (Å²) in [6.07, 6.45) is -1.20. The first kappa shape index (κ1) is 25.0. The highest BCUT2D eigenvalue weighted by molar-refractivity contribution is 6.31. The first-order chi connectivity index (χ1) is 14.6. The largest absolute Gasteiger partial charge is 0.389 e. The molecule has 2 aromatic carbocycles. The predicted octanol–water partition coefficient (Wildman–Crippen LogP) is 2.63. The standard InChI is InChI=1S/C22H30Cl2N2O4/c23-21-7-3-1-5-17(21)13-29-15-19(27)11-25-9-10-26-12-20(28)16-30-14-18-6-2-4-8-22(18)24/h1-8,19-20,25-28H,9-16H2. The van der Waals surface area contributed by atoms with E-state index in [-0.39, 0.29) is 13.2 Å². The van der Waals surface area contributed by atoms with Crippen molar-refractivity contribution < 1.29 is 19.7 Å². The normalized spacial score (nSPS) is 13.3. The minimum Gasteiger partial charge on any atom is -0.389 e. The van der Waals surface area contributed by atoms with Gasteiger partial charge >= 0.3 is 0 Å². The molecule has 0 aliphatic rings. The van der Waals surface area contributed by atoms with Gasteiger partial charge in [-0.1, -0.05) is 59.6 Å². The summed E-state index contributed by atoms with van der Waals surface area (Å²) in [5.74, 6) is 0. The molecule has 0 fully saturated rings. The van der Waals surface area contributed by atoms with Gasteiger partial charge in [-0.15, -0.1) is 0 Å². The second-order valence-electron chi connectivity index (χ2n) is 6.93. The summed E-state index contributed by atoms with van der Waals surface area (Å²) in [5.41, 5.74) is 1.80. The van der Waals surface area contributed by atoms with Gasteiger partial charge in [-0.25, -0.2) is 0 Å². The van der Waals surface area contributed by atoms with Crippen molar-refractivity contribution in [3.05, 3.63) is 69.7 Å². The Morgan fingerprint density at radius 1 is 0.700 bits per heavy atom.